The minimum Gasteiger partial charge on any atom is -0.390 e. The van der Waals surface area contributed by atoms with Gasteiger partial charge in [-0.1, -0.05) is 30.3 Å². The van der Waals surface area contributed by atoms with E-state index in [4.69, 9.17) is 0 Å². The first-order chi connectivity index (χ1) is 10.2. The van der Waals surface area contributed by atoms with Gasteiger partial charge in [0.25, 0.3) is 0 Å². The predicted molar refractivity (Wildman–Crippen MR) is 84.2 cm³/mol. The van der Waals surface area contributed by atoms with Crippen LogP contribution in [0.4, 0.5) is 0 Å². The van der Waals surface area contributed by atoms with E-state index in [9.17, 15) is 10.2 Å². The molecule has 0 radical (unpaired) electrons. The van der Waals surface area contributed by atoms with Gasteiger partial charge in [-0.25, -0.2) is 0 Å². The van der Waals surface area contributed by atoms with E-state index in [2.05, 4.69) is 35.2 Å². The third kappa shape index (κ3) is 3.85. The molecular formula is C18H27NO2. The van der Waals surface area contributed by atoms with Gasteiger partial charge in [0.05, 0.1) is 12.2 Å². The van der Waals surface area contributed by atoms with Gasteiger partial charge in [-0.2, -0.15) is 0 Å². The van der Waals surface area contributed by atoms with E-state index in [0.29, 0.717) is 13.0 Å². The van der Waals surface area contributed by atoms with Crippen molar-refractivity contribution in [3.63, 3.8) is 0 Å². The number of nitrogens with zero attached hydrogens (tertiary/aromatic N) is 1. The average molecular weight is 289 g/mol. The summed E-state index contributed by atoms with van der Waals surface area (Å²) in [6.45, 7) is 2.65. The minimum atomic E-state index is -0.556. The second-order valence-corrected chi connectivity index (χ2v) is 6.81. The van der Waals surface area contributed by atoms with Crippen LogP contribution >= 0.6 is 0 Å². The van der Waals surface area contributed by atoms with Gasteiger partial charge in [-0.3, -0.25) is 0 Å². The topological polar surface area (TPSA) is 43.7 Å². The van der Waals surface area contributed by atoms with Gasteiger partial charge in [-0.05, 0) is 49.5 Å². The van der Waals surface area contributed by atoms with Crippen molar-refractivity contribution < 1.29 is 10.2 Å². The predicted octanol–water partition coefficient (Wildman–Crippen LogP) is 2.39. The first-order valence-corrected chi connectivity index (χ1v) is 8.36. The molecule has 0 amide bonds. The molecule has 1 saturated heterocycles. The summed E-state index contributed by atoms with van der Waals surface area (Å²) < 4.78 is 0. The highest BCUT2D eigenvalue weighted by Crippen LogP contribution is 2.36. The monoisotopic (exact) mass is 289 g/mol. The minimum absolute atomic E-state index is 0.518. The second-order valence-electron chi connectivity index (χ2n) is 6.81. The summed E-state index contributed by atoms with van der Waals surface area (Å²) in [6.07, 6.45) is 4.78. The van der Waals surface area contributed by atoms with Crippen molar-refractivity contribution in [3.8, 4) is 0 Å². The Morgan fingerprint density at radius 3 is 2.29 bits per heavy atom. The van der Waals surface area contributed by atoms with Crippen molar-refractivity contribution in [1.82, 2.24) is 4.90 Å². The van der Waals surface area contributed by atoms with Crippen LogP contribution in [-0.2, 0) is 0 Å². The molecule has 21 heavy (non-hydrogen) atoms. The number of piperidine rings is 1. The smallest absolute Gasteiger partial charge is 0.0926 e. The van der Waals surface area contributed by atoms with Crippen LogP contribution in [0.2, 0.25) is 0 Å². The molecule has 3 nitrogen and oxygen atoms in total. The maximum Gasteiger partial charge on any atom is 0.0926 e. The third-order valence-electron chi connectivity index (χ3n) is 5.26. The number of hydrogen-bond acceptors (Lipinski definition) is 3. The normalized spacial score (nSPS) is 34.8. The average Bonchev–Trinajstić information content (AvgIpc) is 2.53. The molecule has 2 aliphatic rings. The lowest BCUT2D eigenvalue weighted by atomic mass is 9.78. The van der Waals surface area contributed by atoms with Crippen LogP contribution < -0.4 is 0 Å². The van der Waals surface area contributed by atoms with Gasteiger partial charge in [-0.15, -0.1) is 0 Å². The molecule has 1 aliphatic carbocycles. The summed E-state index contributed by atoms with van der Waals surface area (Å²) in [7, 11) is 0. The molecule has 1 heterocycles. The second kappa shape index (κ2) is 6.91. The van der Waals surface area contributed by atoms with Gasteiger partial charge < -0.3 is 15.1 Å². The van der Waals surface area contributed by atoms with E-state index in [1.165, 1.54) is 31.2 Å². The number of β-amino-alcohol motifs (C(OH)–C–C–N with tert-alkyl or cyclic N) is 1. The quantitative estimate of drug-likeness (QED) is 0.898. The lowest BCUT2D eigenvalue weighted by Gasteiger charge is -2.37. The zero-order chi connectivity index (χ0) is 14.7. The number of benzene rings is 1. The first-order valence-electron chi connectivity index (χ1n) is 8.36. The molecule has 1 saturated carbocycles. The zero-order valence-electron chi connectivity index (χ0n) is 12.7. The van der Waals surface area contributed by atoms with Gasteiger partial charge in [0.15, 0.2) is 0 Å². The molecule has 3 heteroatoms. The fourth-order valence-electron chi connectivity index (χ4n) is 3.92. The standard InChI is InChI=1S/C18H27NO2/c20-17-10-11-19(13-18(17)21)12-14-6-8-16(9-7-14)15-4-2-1-3-5-15/h1-5,14,16-18,20-21H,6-13H2/t14?,16?,17-,18-/m1/s1. The summed E-state index contributed by atoms with van der Waals surface area (Å²) in [5.74, 6) is 1.49. The molecule has 0 spiro atoms. The summed E-state index contributed by atoms with van der Waals surface area (Å²) >= 11 is 0. The van der Waals surface area contributed by atoms with Crippen molar-refractivity contribution in [2.45, 2.75) is 50.2 Å². The highest BCUT2D eigenvalue weighted by molar-refractivity contribution is 5.19. The highest BCUT2D eigenvalue weighted by Gasteiger charge is 2.29. The van der Waals surface area contributed by atoms with Crippen LogP contribution in [0, 0.1) is 5.92 Å². The Morgan fingerprint density at radius 1 is 0.905 bits per heavy atom. The Morgan fingerprint density at radius 2 is 1.62 bits per heavy atom. The molecule has 1 aliphatic heterocycles. The maximum atomic E-state index is 9.78. The molecule has 1 aromatic rings. The molecule has 1 aromatic carbocycles. The fraction of sp³-hybridized carbons (Fsp3) is 0.667. The molecule has 0 aromatic heterocycles. The molecule has 0 unspecified atom stereocenters. The summed E-state index contributed by atoms with van der Waals surface area (Å²) in [5.41, 5.74) is 1.49. The Kier molecular flexibility index (Phi) is 4.94. The van der Waals surface area contributed by atoms with Gasteiger partial charge in [0.1, 0.15) is 0 Å². The van der Waals surface area contributed by atoms with Crippen LogP contribution in [0.5, 0.6) is 0 Å². The van der Waals surface area contributed by atoms with E-state index < -0.39 is 12.2 Å². The lowest BCUT2D eigenvalue weighted by Crippen LogP contribution is -2.48. The Bertz CT molecular complexity index is 428. The third-order valence-corrected chi connectivity index (χ3v) is 5.26. The molecule has 2 N–H and O–H groups in total. The van der Waals surface area contributed by atoms with E-state index in [0.717, 1.165) is 24.9 Å². The number of aliphatic hydroxyl groups is 2. The Hall–Kier alpha value is -0.900. The van der Waals surface area contributed by atoms with Crippen LogP contribution in [0.3, 0.4) is 0 Å². The van der Waals surface area contributed by atoms with Gasteiger partial charge >= 0.3 is 0 Å². The van der Waals surface area contributed by atoms with Gasteiger partial charge in [0.2, 0.25) is 0 Å². The lowest BCUT2D eigenvalue weighted by molar-refractivity contribution is -0.0426. The van der Waals surface area contributed by atoms with Crippen LogP contribution in [-0.4, -0.2) is 47.0 Å². The molecule has 116 valence electrons. The van der Waals surface area contributed by atoms with Crippen LogP contribution in [0.25, 0.3) is 0 Å². The SMILES string of the molecule is O[C@@H]1CCN(CC2CCC(c3ccccc3)CC2)C[C@H]1O. The number of aliphatic hydroxyl groups excluding tert-OH is 2. The molecule has 0 bridgehead atoms. The molecule has 2 fully saturated rings. The van der Waals surface area contributed by atoms with Crippen molar-refractivity contribution >= 4 is 0 Å². The summed E-state index contributed by atoms with van der Waals surface area (Å²) in [5, 5.41) is 19.4. The Labute approximate surface area is 127 Å². The number of hydrogen-bond donors (Lipinski definition) is 2. The van der Waals surface area contributed by atoms with Crippen molar-refractivity contribution in [1.29, 1.82) is 0 Å². The van der Waals surface area contributed by atoms with Gasteiger partial charge in [0, 0.05) is 19.6 Å². The van der Waals surface area contributed by atoms with E-state index in [1.54, 1.807) is 0 Å². The molecule has 3 rings (SSSR count). The summed E-state index contributed by atoms with van der Waals surface area (Å²) in [4.78, 5) is 2.34. The molecular weight excluding hydrogens is 262 g/mol. The van der Waals surface area contributed by atoms with Crippen LogP contribution in [0.1, 0.15) is 43.6 Å². The fourth-order valence-corrected chi connectivity index (χ4v) is 3.92. The Balaban J connectivity index is 1.46. The van der Waals surface area contributed by atoms with Crippen molar-refractivity contribution in [3.05, 3.63) is 35.9 Å². The molecule has 2 atom stereocenters. The highest BCUT2D eigenvalue weighted by atomic mass is 16.3. The van der Waals surface area contributed by atoms with Crippen molar-refractivity contribution in [2.75, 3.05) is 19.6 Å². The van der Waals surface area contributed by atoms with E-state index in [1.807, 2.05) is 0 Å². The van der Waals surface area contributed by atoms with E-state index >= 15 is 0 Å². The van der Waals surface area contributed by atoms with Crippen LogP contribution in [0.15, 0.2) is 30.3 Å². The summed E-state index contributed by atoms with van der Waals surface area (Å²) in [6, 6.07) is 10.9. The number of rotatable bonds is 3. The van der Waals surface area contributed by atoms with Crippen molar-refractivity contribution in [2.24, 2.45) is 5.92 Å². The largest absolute Gasteiger partial charge is 0.390 e. The maximum absolute atomic E-state index is 9.78. The van der Waals surface area contributed by atoms with E-state index in [-0.39, 0.29) is 0 Å². The first kappa shape index (κ1) is 15.0. The zero-order valence-corrected chi connectivity index (χ0v) is 12.7. The number of likely N-dealkylation sites (tertiary alicyclic amines) is 1.